The molecule has 0 aromatic carbocycles. The van der Waals surface area contributed by atoms with Crippen LogP contribution in [0.4, 0.5) is 0 Å². The van der Waals surface area contributed by atoms with E-state index < -0.39 is 0 Å². The monoisotopic (exact) mass is 310 g/mol. The summed E-state index contributed by atoms with van der Waals surface area (Å²) in [5.74, 6) is 1.81. The molecule has 1 saturated carbocycles. The number of esters is 1. The van der Waals surface area contributed by atoms with E-state index in [4.69, 9.17) is 4.74 Å². The van der Waals surface area contributed by atoms with E-state index in [0.717, 1.165) is 6.42 Å². The minimum absolute atomic E-state index is 0. The Morgan fingerprint density at radius 2 is 1.63 bits per heavy atom. The van der Waals surface area contributed by atoms with Crippen LogP contribution in [0.2, 0.25) is 0 Å². The van der Waals surface area contributed by atoms with Gasteiger partial charge in [0.2, 0.25) is 0 Å². The third-order valence-electron chi connectivity index (χ3n) is 3.70. The van der Waals surface area contributed by atoms with Gasteiger partial charge in [0.15, 0.2) is 0 Å². The number of hydrogen-bond acceptors (Lipinski definition) is 2. The van der Waals surface area contributed by atoms with E-state index in [2.05, 4.69) is 20.8 Å². The molecule has 0 heterocycles. The van der Waals surface area contributed by atoms with Crippen LogP contribution in [0.1, 0.15) is 61.3 Å². The molecule has 0 aromatic heterocycles. The van der Waals surface area contributed by atoms with Gasteiger partial charge in [-0.3, -0.25) is 4.79 Å². The second-order valence-electron chi connectivity index (χ2n) is 5.96. The molecular weight excluding hydrogens is 276 g/mol. The fraction of sp³-hybridized carbons (Fsp3) is 0.933. The zero-order valence-electron chi connectivity index (χ0n) is 12.3. The number of ether oxygens (including phenoxy) is 1. The van der Waals surface area contributed by atoms with Crippen LogP contribution in [-0.4, -0.2) is 12.1 Å². The lowest BCUT2D eigenvalue weighted by Gasteiger charge is -2.37. The number of carbonyl (C=O) groups is 1. The SMILES string of the molecule is C.CC(C)C(=O)O[C@H]1C[C@@H](C)CC[C@@H]1C(C)C.S.S. The van der Waals surface area contributed by atoms with E-state index in [-0.39, 0.29) is 52.4 Å². The summed E-state index contributed by atoms with van der Waals surface area (Å²) < 4.78 is 5.66. The van der Waals surface area contributed by atoms with Crippen molar-refractivity contribution < 1.29 is 9.53 Å². The van der Waals surface area contributed by atoms with E-state index in [1.54, 1.807) is 0 Å². The maximum Gasteiger partial charge on any atom is 0.308 e. The van der Waals surface area contributed by atoms with Crippen molar-refractivity contribution in [1.29, 1.82) is 0 Å². The van der Waals surface area contributed by atoms with Crippen LogP contribution in [0.5, 0.6) is 0 Å². The lowest BCUT2D eigenvalue weighted by Crippen LogP contribution is -2.36. The zero-order valence-corrected chi connectivity index (χ0v) is 14.3. The maximum absolute atomic E-state index is 11.7. The van der Waals surface area contributed by atoms with Gasteiger partial charge in [0.05, 0.1) is 5.92 Å². The lowest BCUT2D eigenvalue weighted by atomic mass is 9.75. The lowest BCUT2D eigenvalue weighted by molar-refractivity contribution is -0.159. The maximum atomic E-state index is 11.7. The standard InChI is InChI=1S/C14H26O2.CH4.2H2S/c1-9(2)12-7-6-11(5)8-13(12)16-14(15)10(3)4;;;/h9-13H,6-8H2,1-5H3;1H4;2*1H2/t11-,12+,13-;;;/m0.../s1. The molecule has 3 atom stereocenters. The van der Waals surface area contributed by atoms with Crippen molar-refractivity contribution in [3.8, 4) is 0 Å². The van der Waals surface area contributed by atoms with E-state index in [1.807, 2.05) is 13.8 Å². The molecular formula is C15H34O2S2. The van der Waals surface area contributed by atoms with E-state index in [1.165, 1.54) is 12.8 Å². The van der Waals surface area contributed by atoms with Gasteiger partial charge in [-0.15, -0.1) is 0 Å². The van der Waals surface area contributed by atoms with Gasteiger partial charge in [-0.25, -0.2) is 0 Å². The topological polar surface area (TPSA) is 26.3 Å². The first-order valence-corrected chi connectivity index (χ1v) is 6.62. The number of hydrogen-bond donors (Lipinski definition) is 0. The highest BCUT2D eigenvalue weighted by molar-refractivity contribution is 7.59. The fourth-order valence-corrected chi connectivity index (χ4v) is 2.54. The molecule has 4 heteroatoms. The van der Waals surface area contributed by atoms with Crippen molar-refractivity contribution >= 4 is 33.0 Å². The van der Waals surface area contributed by atoms with Crippen molar-refractivity contribution in [1.82, 2.24) is 0 Å². The molecule has 0 spiro atoms. The molecule has 2 nitrogen and oxygen atoms in total. The Bertz CT molecular complexity index is 242. The Morgan fingerprint density at radius 1 is 1.11 bits per heavy atom. The summed E-state index contributed by atoms with van der Waals surface area (Å²) in [4.78, 5) is 11.7. The molecule has 0 aromatic rings. The van der Waals surface area contributed by atoms with Gasteiger partial charge in [0.25, 0.3) is 0 Å². The molecule has 0 radical (unpaired) electrons. The second kappa shape index (κ2) is 10.9. The molecule has 118 valence electrons. The second-order valence-corrected chi connectivity index (χ2v) is 5.96. The number of carbonyl (C=O) groups excluding carboxylic acids is 1. The smallest absolute Gasteiger partial charge is 0.308 e. The first-order valence-electron chi connectivity index (χ1n) is 6.62. The molecule has 0 aliphatic heterocycles. The predicted molar refractivity (Wildman–Crippen MR) is 93.6 cm³/mol. The molecule has 19 heavy (non-hydrogen) atoms. The largest absolute Gasteiger partial charge is 0.462 e. The van der Waals surface area contributed by atoms with Gasteiger partial charge in [0, 0.05) is 0 Å². The molecule has 1 aliphatic carbocycles. The summed E-state index contributed by atoms with van der Waals surface area (Å²) in [6.45, 7) is 10.5. The van der Waals surface area contributed by atoms with Crippen molar-refractivity contribution in [2.45, 2.75) is 67.4 Å². The molecule has 1 fully saturated rings. The van der Waals surface area contributed by atoms with Gasteiger partial charge in [-0.1, -0.05) is 48.5 Å². The quantitative estimate of drug-likeness (QED) is 0.717. The predicted octanol–water partition coefficient (Wildman–Crippen LogP) is 4.51. The van der Waals surface area contributed by atoms with E-state index >= 15 is 0 Å². The highest BCUT2D eigenvalue weighted by Gasteiger charge is 2.33. The van der Waals surface area contributed by atoms with Gasteiger partial charge >= 0.3 is 5.97 Å². The van der Waals surface area contributed by atoms with Crippen LogP contribution >= 0.6 is 27.0 Å². The van der Waals surface area contributed by atoms with E-state index in [9.17, 15) is 4.79 Å². The molecule has 1 rings (SSSR count). The van der Waals surface area contributed by atoms with Crippen LogP contribution in [0, 0.1) is 23.7 Å². The van der Waals surface area contributed by atoms with Gasteiger partial charge in [-0.2, -0.15) is 27.0 Å². The van der Waals surface area contributed by atoms with Gasteiger partial charge < -0.3 is 4.74 Å². The van der Waals surface area contributed by atoms with Crippen LogP contribution in [-0.2, 0) is 9.53 Å². The molecule has 0 amide bonds. The highest BCUT2D eigenvalue weighted by atomic mass is 32.1. The third kappa shape index (κ3) is 7.50. The Morgan fingerprint density at radius 3 is 2.05 bits per heavy atom. The van der Waals surface area contributed by atoms with Crippen LogP contribution in [0.3, 0.4) is 0 Å². The molecule has 0 unspecified atom stereocenters. The summed E-state index contributed by atoms with van der Waals surface area (Å²) in [5, 5.41) is 0. The molecule has 0 saturated heterocycles. The highest BCUT2D eigenvalue weighted by Crippen LogP contribution is 2.35. The summed E-state index contributed by atoms with van der Waals surface area (Å²) in [6, 6.07) is 0. The van der Waals surface area contributed by atoms with Crippen molar-refractivity contribution in [3.05, 3.63) is 0 Å². The Labute approximate surface area is 134 Å². The molecule has 0 N–H and O–H groups in total. The van der Waals surface area contributed by atoms with Crippen molar-refractivity contribution in [2.24, 2.45) is 23.7 Å². The Kier molecular flexibility index (Phi) is 13.9. The van der Waals surface area contributed by atoms with Gasteiger partial charge in [0.1, 0.15) is 6.10 Å². The van der Waals surface area contributed by atoms with E-state index in [0.29, 0.717) is 17.8 Å². The van der Waals surface area contributed by atoms with Crippen LogP contribution in [0.25, 0.3) is 0 Å². The summed E-state index contributed by atoms with van der Waals surface area (Å²) >= 11 is 0. The third-order valence-corrected chi connectivity index (χ3v) is 3.70. The summed E-state index contributed by atoms with van der Waals surface area (Å²) in [5.41, 5.74) is 0. The van der Waals surface area contributed by atoms with Gasteiger partial charge in [-0.05, 0) is 30.6 Å². The Balaban J connectivity index is -0.000000853. The normalized spacial score (nSPS) is 25.9. The summed E-state index contributed by atoms with van der Waals surface area (Å²) in [6.07, 6.45) is 3.67. The Hall–Kier alpha value is 0.170. The van der Waals surface area contributed by atoms with Crippen molar-refractivity contribution in [2.75, 3.05) is 0 Å². The first kappa shape index (κ1) is 24.2. The van der Waals surface area contributed by atoms with Crippen LogP contribution in [0.15, 0.2) is 0 Å². The molecule has 0 bridgehead atoms. The van der Waals surface area contributed by atoms with Crippen LogP contribution < -0.4 is 0 Å². The fourth-order valence-electron chi connectivity index (χ4n) is 2.54. The average molecular weight is 311 g/mol. The number of rotatable bonds is 3. The molecule has 1 aliphatic rings. The minimum Gasteiger partial charge on any atom is -0.462 e. The minimum atomic E-state index is -0.0373. The summed E-state index contributed by atoms with van der Waals surface area (Å²) in [7, 11) is 0. The van der Waals surface area contributed by atoms with Crippen molar-refractivity contribution in [3.63, 3.8) is 0 Å². The average Bonchev–Trinajstić information content (AvgIpc) is 2.16. The zero-order chi connectivity index (χ0) is 12.3. The first-order chi connectivity index (χ1) is 7.41.